The van der Waals surface area contributed by atoms with Crippen LogP contribution in [-0.2, 0) is 4.57 Å². The van der Waals surface area contributed by atoms with Gasteiger partial charge in [-0.2, -0.15) is 4.98 Å². The number of hydrogen-bond donors (Lipinski definition) is 3. The minimum Gasteiger partial charge on any atom is -0.494 e. The summed E-state index contributed by atoms with van der Waals surface area (Å²) in [6.45, 7) is 11.6. The van der Waals surface area contributed by atoms with Gasteiger partial charge in [0, 0.05) is 68.1 Å². The second kappa shape index (κ2) is 14.6. The van der Waals surface area contributed by atoms with Crippen LogP contribution < -0.4 is 25.6 Å². The number of aromatic nitrogens is 4. The van der Waals surface area contributed by atoms with Gasteiger partial charge in [-0.25, -0.2) is 4.98 Å². The summed E-state index contributed by atoms with van der Waals surface area (Å²) in [5, 5.41) is 18.2. The van der Waals surface area contributed by atoms with E-state index in [9.17, 15) is 9.67 Å². The van der Waals surface area contributed by atoms with Gasteiger partial charge in [-0.05, 0) is 93.8 Å². The lowest BCUT2D eigenvalue weighted by Gasteiger charge is -2.40. The Balaban J connectivity index is 1.24. The van der Waals surface area contributed by atoms with E-state index < -0.39 is 13.2 Å². The van der Waals surface area contributed by atoms with E-state index in [0.29, 0.717) is 55.7 Å². The third kappa shape index (κ3) is 7.60. The molecular weight excluding hydrogens is 693 g/mol. The molecule has 2 saturated heterocycles. The number of hydrogen-bond acceptors (Lipinski definition) is 12. The lowest BCUT2D eigenvalue weighted by Crippen LogP contribution is -2.46. The van der Waals surface area contributed by atoms with E-state index in [1.165, 1.54) is 6.42 Å². The first kappa shape index (κ1) is 34.5. The molecule has 2 aromatic heterocycles. The average Bonchev–Trinajstić information content (AvgIpc) is 3.29. The molecule has 1 unspecified atom stereocenters. The van der Waals surface area contributed by atoms with Gasteiger partial charge >= 0.3 is 0 Å². The van der Waals surface area contributed by atoms with Crippen molar-refractivity contribution < 1.29 is 14.4 Å². The Hall–Kier alpha value is -3.35. The van der Waals surface area contributed by atoms with Gasteiger partial charge < -0.3 is 34.8 Å². The number of methoxy groups -OCH3 is 1. The molecule has 0 spiro atoms. The zero-order valence-corrected chi connectivity index (χ0v) is 30.8. The number of likely N-dealkylation sites (N-methyl/N-ethyl adjacent to an activating group) is 1. The average molecular weight is 739 g/mol. The monoisotopic (exact) mass is 737 g/mol. The molecule has 48 heavy (non-hydrogen) atoms. The first-order valence-corrected chi connectivity index (χ1v) is 19.8. The summed E-state index contributed by atoms with van der Waals surface area (Å²) in [6, 6.07) is 8.21. The summed E-state index contributed by atoms with van der Waals surface area (Å²) >= 11 is 3.57. The maximum absolute atomic E-state index is 13.4. The van der Waals surface area contributed by atoms with Crippen LogP contribution in [0, 0.1) is 0 Å². The first-order chi connectivity index (χ1) is 23.0. The quantitative estimate of drug-likeness (QED) is 0.185. The molecule has 14 heteroatoms. The van der Waals surface area contributed by atoms with Crippen LogP contribution in [0.2, 0.25) is 0 Å². The summed E-state index contributed by atoms with van der Waals surface area (Å²) in [6.07, 6.45) is 7.57. The topological polar surface area (TPSA) is 132 Å². The molecule has 2 aromatic carbocycles. The molecule has 2 aliphatic heterocycles. The molecule has 2 aliphatic rings. The number of fused-ring (bicyclic) bond motifs is 1. The van der Waals surface area contributed by atoms with E-state index in [2.05, 4.69) is 63.3 Å². The van der Waals surface area contributed by atoms with Crippen LogP contribution in [0.25, 0.3) is 11.0 Å². The second-order valence-electron chi connectivity index (χ2n) is 13.1. The first-order valence-electron chi connectivity index (χ1n) is 16.4. The van der Waals surface area contributed by atoms with Gasteiger partial charge in [0.15, 0.2) is 0 Å². The number of anilines is 5. The van der Waals surface area contributed by atoms with E-state index >= 15 is 0 Å². The maximum atomic E-state index is 13.4. The lowest BCUT2D eigenvalue weighted by molar-refractivity contribution is 0.174. The molecule has 3 N–H and O–H groups in total. The summed E-state index contributed by atoms with van der Waals surface area (Å²) < 4.78 is 19.9. The number of ether oxygens (including phenoxy) is 1. The summed E-state index contributed by atoms with van der Waals surface area (Å²) in [7, 11) is 1.09. The number of nitrogens with zero attached hydrogens (tertiary/aromatic N) is 7. The van der Waals surface area contributed by atoms with Crippen molar-refractivity contribution in [2.24, 2.45) is 0 Å². The molecule has 256 valence electrons. The minimum atomic E-state index is -2.76. The maximum Gasteiger partial charge on any atom is 0.229 e. The molecule has 0 bridgehead atoms. The fourth-order valence-electron chi connectivity index (χ4n) is 6.80. The number of nitrogens with one attached hydrogen (secondary N) is 2. The molecule has 0 radical (unpaired) electrons. The van der Waals surface area contributed by atoms with Crippen molar-refractivity contribution in [3.8, 4) is 5.75 Å². The van der Waals surface area contributed by atoms with Crippen LogP contribution in [0.1, 0.15) is 37.9 Å². The Morgan fingerprint density at radius 3 is 2.50 bits per heavy atom. The molecule has 0 aliphatic carbocycles. The molecule has 4 aromatic rings. The van der Waals surface area contributed by atoms with E-state index in [0.717, 1.165) is 63.4 Å². The van der Waals surface area contributed by atoms with Gasteiger partial charge in [-0.15, -0.1) is 0 Å². The van der Waals surface area contributed by atoms with E-state index in [1.54, 1.807) is 46.0 Å². The number of aliphatic hydroxyl groups excluding tert-OH is 1. The molecule has 4 heterocycles. The lowest BCUT2D eigenvalue weighted by atomic mass is 9.99. The molecule has 6 rings (SSSR count). The standard InChI is InChI=1S/C34H45BrN9O3P/c1-22(45)24-19-28(30(47-3)20-29(24)44-15-9-23(10-16-44)43-14-6-13-42(2)17-18-43)40-34-38-21-25(35)33(41-34)39-27-8-7-26-31(37-12-11-36-26)32(27)48(4,5)46/h7-8,11-12,19-23,45H,6,9-10,13-18H2,1-5H3,(H2,38,39,40,41). The predicted molar refractivity (Wildman–Crippen MR) is 197 cm³/mol. The number of piperidine rings is 1. The van der Waals surface area contributed by atoms with Crippen LogP contribution in [0.15, 0.2) is 47.3 Å². The van der Waals surface area contributed by atoms with Gasteiger partial charge in [0.2, 0.25) is 5.95 Å². The Bertz CT molecular complexity index is 1810. The van der Waals surface area contributed by atoms with Gasteiger partial charge in [-0.3, -0.25) is 14.9 Å². The zero-order chi connectivity index (χ0) is 34.0. The highest BCUT2D eigenvalue weighted by Gasteiger charge is 2.28. The molecule has 2 fully saturated rings. The molecular formula is C34H45BrN9O3P. The summed E-state index contributed by atoms with van der Waals surface area (Å²) in [5.41, 5.74) is 4.33. The van der Waals surface area contributed by atoms with Crippen molar-refractivity contribution in [2.45, 2.75) is 38.3 Å². The summed E-state index contributed by atoms with van der Waals surface area (Å²) in [5.74, 6) is 1.43. The smallest absolute Gasteiger partial charge is 0.229 e. The third-order valence-electron chi connectivity index (χ3n) is 9.27. The number of benzene rings is 2. The zero-order valence-electron chi connectivity index (χ0n) is 28.3. The normalized spacial score (nSPS) is 17.7. The van der Waals surface area contributed by atoms with Crippen LogP contribution in [0.3, 0.4) is 0 Å². The number of halogens is 1. The Kier molecular flexibility index (Phi) is 10.5. The molecule has 1 atom stereocenters. The van der Waals surface area contributed by atoms with Crippen LogP contribution in [0.5, 0.6) is 5.75 Å². The van der Waals surface area contributed by atoms with Crippen LogP contribution in [0.4, 0.5) is 28.8 Å². The van der Waals surface area contributed by atoms with Crippen molar-refractivity contribution in [3.05, 3.63) is 52.9 Å². The highest BCUT2D eigenvalue weighted by molar-refractivity contribution is 9.10. The fourth-order valence-corrected chi connectivity index (χ4v) is 8.48. The van der Waals surface area contributed by atoms with Gasteiger partial charge in [0.1, 0.15) is 24.2 Å². The van der Waals surface area contributed by atoms with E-state index in [-0.39, 0.29) is 0 Å². The van der Waals surface area contributed by atoms with E-state index in [1.807, 2.05) is 24.3 Å². The second-order valence-corrected chi connectivity index (χ2v) is 17.1. The van der Waals surface area contributed by atoms with Crippen molar-refractivity contribution in [1.29, 1.82) is 0 Å². The minimum absolute atomic E-state index is 0.325. The Morgan fingerprint density at radius 1 is 1.00 bits per heavy atom. The van der Waals surface area contributed by atoms with Crippen LogP contribution in [-0.4, -0.2) is 108 Å². The molecule has 0 amide bonds. The number of aliphatic hydroxyl groups is 1. The molecule has 12 nitrogen and oxygen atoms in total. The van der Waals surface area contributed by atoms with Gasteiger partial charge in [-0.1, -0.05) is 0 Å². The largest absolute Gasteiger partial charge is 0.494 e. The number of rotatable bonds is 9. The van der Waals surface area contributed by atoms with Crippen molar-refractivity contribution in [1.82, 2.24) is 29.7 Å². The highest BCUT2D eigenvalue weighted by atomic mass is 79.9. The third-order valence-corrected chi connectivity index (χ3v) is 11.4. The van der Waals surface area contributed by atoms with Crippen LogP contribution >= 0.6 is 23.1 Å². The van der Waals surface area contributed by atoms with Crippen molar-refractivity contribution in [2.75, 3.05) is 82.3 Å². The Labute approximate surface area is 290 Å². The Morgan fingerprint density at radius 2 is 1.77 bits per heavy atom. The van der Waals surface area contributed by atoms with Crippen molar-refractivity contribution in [3.63, 3.8) is 0 Å². The SMILES string of the molecule is COc1cc(N2CCC(N3CCCN(C)CC3)CC2)c(C(C)O)cc1Nc1ncc(Br)c(Nc2ccc3nccnc3c2P(C)(C)=O)n1. The van der Waals surface area contributed by atoms with Gasteiger partial charge in [0.25, 0.3) is 0 Å². The molecule has 0 saturated carbocycles. The fraction of sp³-hybridized carbons (Fsp3) is 0.471. The van der Waals surface area contributed by atoms with Gasteiger partial charge in [0.05, 0.1) is 39.9 Å². The van der Waals surface area contributed by atoms with E-state index in [4.69, 9.17) is 9.72 Å². The summed E-state index contributed by atoms with van der Waals surface area (Å²) in [4.78, 5) is 25.6. The van der Waals surface area contributed by atoms with Crippen molar-refractivity contribution >= 4 is 68.2 Å². The highest BCUT2D eigenvalue weighted by Crippen LogP contribution is 2.42. The predicted octanol–water partition coefficient (Wildman–Crippen LogP) is 5.59.